The molecule has 0 aliphatic carbocycles. The van der Waals surface area contributed by atoms with Crippen LogP contribution >= 0.6 is 0 Å². The van der Waals surface area contributed by atoms with Gasteiger partial charge in [-0.3, -0.25) is 0 Å². The number of methoxy groups -OCH3 is 1. The molecule has 4 aromatic rings. The number of oxazole rings is 1. The number of rotatable bonds is 9. The second-order valence-electron chi connectivity index (χ2n) is 7.10. The van der Waals surface area contributed by atoms with Crippen molar-refractivity contribution in [3.05, 3.63) is 84.4 Å². The van der Waals surface area contributed by atoms with E-state index in [4.69, 9.17) is 13.9 Å². The van der Waals surface area contributed by atoms with E-state index in [0.717, 1.165) is 5.56 Å². The number of nitrogens with one attached hydrogen (secondary N) is 1. The molecule has 7 nitrogen and oxygen atoms in total. The predicted molar refractivity (Wildman–Crippen MR) is 125 cm³/mol. The van der Waals surface area contributed by atoms with Crippen molar-refractivity contribution in [2.75, 3.05) is 19.0 Å². The number of benzene rings is 3. The van der Waals surface area contributed by atoms with Gasteiger partial charge in [0.2, 0.25) is 26.6 Å². The van der Waals surface area contributed by atoms with Gasteiger partial charge in [0.1, 0.15) is 11.5 Å². The second-order valence-corrected chi connectivity index (χ2v) is 8.97. The minimum Gasteiger partial charge on any atom is -0.496 e. The van der Waals surface area contributed by atoms with Crippen molar-refractivity contribution < 1.29 is 22.3 Å². The van der Waals surface area contributed by atoms with Gasteiger partial charge in [0.05, 0.1) is 24.2 Å². The number of sulfone groups is 1. The van der Waals surface area contributed by atoms with Crippen LogP contribution in [0.2, 0.25) is 0 Å². The Bertz CT molecular complexity index is 1320. The van der Waals surface area contributed by atoms with Crippen molar-refractivity contribution >= 4 is 15.7 Å². The summed E-state index contributed by atoms with van der Waals surface area (Å²) >= 11 is 0. The highest BCUT2D eigenvalue weighted by Gasteiger charge is 2.29. The molecule has 3 aromatic carbocycles. The van der Waals surface area contributed by atoms with Gasteiger partial charge in [0.15, 0.2) is 0 Å². The van der Waals surface area contributed by atoms with Crippen LogP contribution in [-0.2, 0) is 16.4 Å². The Labute approximate surface area is 192 Å². The Morgan fingerprint density at radius 1 is 0.939 bits per heavy atom. The molecular formula is C25H24N2O5S. The summed E-state index contributed by atoms with van der Waals surface area (Å²) in [5, 5.41) is 2.90. The molecule has 4 rings (SSSR count). The zero-order chi connectivity index (χ0) is 23.3. The summed E-state index contributed by atoms with van der Waals surface area (Å²) in [4.78, 5) is 4.47. The monoisotopic (exact) mass is 464 g/mol. The first kappa shape index (κ1) is 22.4. The number of nitrogens with zero attached hydrogens (tertiary/aromatic N) is 1. The van der Waals surface area contributed by atoms with Crippen molar-refractivity contribution in [3.8, 4) is 23.0 Å². The number of hydrogen-bond acceptors (Lipinski definition) is 7. The summed E-state index contributed by atoms with van der Waals surface area (Å²) in [5.41, 5.74) is 1.52. The fourth-order valence-corrected chi connectivity index (χ4v) is 4.59. The van der Waals surface area contributed by atoms with Gasteiger partial charge in [0, 0.05) is 6.54 Å². The van der Waals surface area contributed by atoms with E-state index in [1.165, 1.54) is 19.2 Å². The fraction of sp³-hybridized carbons (Fsp3) is 0.160. The van der Waals surface area contributed by atoms with E-state index < -0.39 is 9.84 Å². The predicted octanol–water partition coefficient (Wildman–Crippen LogP) is 5.19. The maximum atomic E-state index is 13.5. The molecule has 33 heavy (non-hydrogen) atoms. The van der Waals surface area contributed by atoms with E-state index in [1.54, 1.807) is 30.3 Å². The summed E-state index contributed by atoms with van der Waals surface area (Å²) in [6.45, 7) is 2.72. The highest BCUT2D eigenvalue weighted by Crippen LogP contribution is 2.36. The summed E-state index contributed by atoms with van der Waals surface area (Å²) in [7, 11) is -2.44. The fourth-order valence-electron chi connectivity index (χ4n) is 3.31. The van der Waals surface area contributed by atoms with E-state index in [2.05, 4.69) is 10.3 Å². The molecule has 0 fully saturated rings. The molecule has 0 aliphatic rings. The summed E-state index contributed by atoms with van der Waals surface area (Å²) in [6, 6.07) is 23.0. The van der Waals surface area contributed by atoms with E-state index in [-0.39, 0.29) is 21.7 Å². The molecule has 1 heterocycles. The van der Waals surface area contributed by atoms with Crippen LogP contribution in [0.5, 0.6) is 11.5 Å². The highest BCUT2D eigenvalue weighted by molar-refractivity contribution is 7.91. The molecule has 8 heteroatoms. The van der Waals surface area contributed by atoms with Crippen LogP contribution < -0.4 is 14.8 Å². The van der Waals surface area contributed by atoms with E-state index in [9.17, 15) is 8.42 Å². The normalized spacial score (nSPS) is 11.2. The first-order valence-corrected chi connectivity index (χ1v) is 11.9. The quantitative estimate of drug-likeness (QED) is 0.364. The maximum Gasteiger partial charge on any atom is 0.234 e. The number of aromatic nitrogens is 1. The molecular weight excluding hydrogens is 440 g/mol. The van der Waals surface area contributed by atoms with Crippen LogP contribution in [0.1, 0.15) is 12.5 Å². The first-order chi connectivity index (χ1) is 16.0. The van der Waals surface area contributed by atoms with Crippen molar-refractivity contribution in [2.45, 2.75) is 23.4 Å². The van der Waals surface area contributed by atoms with Gasteiger partial charge in [-0.25, -0.2) is 8.42 Å². The van der Waals surface area contributed by atoms with Crippen molar-refractivity contribution in [1.29, 1.82) is 0 Å². The van der Waals surface area contributed by atoms with E-state index in [1.807, 2.05) is 43.3 Å². The van der Waals surface area contributed by atoms with E-state index >= 15 is 0 Å². The van der Waals surface area contributed by atoms with Crippen LogP contribution in [0.4, 0.5) is 5.88 Å². The topological polar surface area (TPSA) is 90.7 Å². The van der Waals surface area contributed by atoms with Crippen LogP contribution in [0.15, 0.2) is 93.2 Å². The zero-order valence-corrected chi connectivity index (χ0v) is 19.1. The maximum absolute atomic E-state index is 13.5. The molecule has 0 radical (unpaired) electrons. The molecule has 0 aliphatic heterocycles. The van der Waals surface area contributed by atoms with Gasteiger partial charge in [-0.2, -0.15) is 4.98 Å². The molecule has 0 saturated carbocycles. The van der Waals surface area contributed by atoms with Crippen LogP contribution in [0, 0.1) is 0 Å². The Kier molecular flexibility index (Phi) is 6.65. The van der Waals surface area contributed by atoms with Crippen LogP contribution in [0.25, 0.3) is 11.5 Å². The van der Waals surface area contributed by atoms with Crippen molar-refractivity contribution in [2.24, 2.45) is 0 Å². The lowest BCUT2D eigenvalue weighted by molar-refractivity contribution is 0.340. The summed E-state index contributed by atoms with van der Waals surface area (Å²) < 4.78 is 43.8. The molecule has 0 saturated heterocycles. The third kappa shape index (κ3) is 4.85. The van der Waals surface area contributed by atoms with Gasteiger partial charge >= 0.3 is 0 Å². The minimum absolute atomic E-state index is 0.0636. The second kappa shape index (κ2) is 9.79. The van der Waals surface area contributed by atoms with Gasteiger partial charge in [-0.1, -0.05) is 42.5 Å². The first-order valence-electron chi connectivity index (χ1n) is 10.4. The Balaban J connectivity index is 1.76. The Morgan fingerprint density at radius 2 is 1.64 bits per heavy atom. The Hall–Kier alpha value is -3.78. The van der Waals surface area contributed by atoms with Gasteiger partial charge in [-0.05, 0) is 48.9 Å². The smallest absolute Gasteiger partial charge is 0.234 e. The molecule has 170 valence electrons. The van der Waals surface area contributed by atoms with Crippen LogP contribution in [-0.4, -0.2) is 27.1 Å². The highest BCUT2D eigenvalue weighted by atomic mass is 32.2. The SMILES string of the molecule is CCOc1ccc(S(=O)(=O)c2nc(-c3ccccc3OC)oc2NCc2ccccc2)cc1. The van der Waals surface area contributed by atoms with Crippen molar-refractivity contribution in [3.63, 3.8) is 0 Å². The summed E-state index contributed by atoms with van der Waals surface area (Å²) in [5.74, 6) is 1.33. The minimum atomic E-state index is -3.98. The zero-order valence-electron chi connectivity index (χ0n) is 18.3. The van der Waals surface area contributed by atoms with Crippen molar-refractivity contribution in [1.82, 2.24) is 4.98 Å². The number of para-hydroxylation sites is 1. The van der Waals surface area contributed by atoms with E-state index in [0.29, 0.717) is 30.2 Å². The largest absolute Gasteiger partial charge is 0.496 e. The average molecular weight is 465 g/mol. The number of hydrogen-bond donors (Lipinski definition) is 1. The van der Waals surface area contributed by atoms with Gasteiger partial charge in [0.25, 0.3) is 0 Å². The lowest BCUT2D eigenvalue weighted by Gasteiger charge is -2.07. The average Bonchev–Trinajstić information content (AvgIpc) is 3.29. The molecule has 0 bridgehead atoms. The molecule has 0 spiro atoms. The summed E-state index contributed by atoms with van der Waals surface area (Å²) in [6.07, 6.45) is 0. The molecule has 0 amide bonds. The standard InChI is InChI=1S/C25H24N2O5S/c1-3-31-19-13-15-20(16-14-19)33(28,29)25-24(26-17-18-9-5-4-6-10-18)32-23(27-25)21-11-7-8-12-22(21)30-2/h4-16,26H,3,17H2,1-2H3. The van der Waals surface area contributed by atoms with Gasteiger partial charge in [-0.15, -0.1) is 0 Å². The third-order valence-corrected chi connectivity index (χ3v) is 6.61. The van der Waals surface area contributed by atoms with Gasteiger partial charge < -0.3 is 19.2 Å². The lowest BCUT2D eigenvalue weighted by Crippen LogP contribution is -2.07. The number of ether oxygens (including phenoxy) is 2. The Morgan fingerprint density at radius 3 is 2.33 bits per heavy atom. The lowest BCUT2D eigenvalue weighted by atomic mass is 10.2. The molecule has 1 N–H and O–H groups in total. The number of anilines is 1. The van der Waals surface area contributed by atoms with Crippen LogP contribution in [0.3, 0.4) is 0 Å². The third-order valence-electron chi connectivity index (χ3n) is 4.93. The molecule has 0 unspecified atom stereocenters. The molecule has 1 aromatic heterocycles. The molecule has 0 atom stereocenters.